The highest BCUT2D eigenvalue weighted by atomic mass is 19.1. The minimum Gasteiger partial charge on any atom is -0.444 e. The van der Waals surface area contributed by atoms with Gasteiger partial charge in [-0.25, -0.2) is 14.0 Å². The van der Waals surface area contributed by atoms with E-state index in [1.807, 2.05) is 0 Å². The standard InChI is InChI=1S/C15H17FN2O3/c1-14(2,3)21-13(20)18-12-5-4-10(16)8-11(12)15(6-7-15)17-9-19/h4-5,8H,6-7H2,1-3H3,(H,18,20). The lowest BCUT2D eigenvalue weighted by atomic mass is 10.0. The van der Waals surface area contributed by atoms with E-state index in [1.165, 1.54) is 24.3 Å². The molecular weight excluding hydrogens is 275 g/mol. The average Bonchev–Trinajstić information content (AvgIpc) is 3.10. The number of aliphatic imine (C=N–C) groups is 1. The molecule has 1 fully saturated rings. The summed E-state index contributed by atoms with van der Waals surface area (Å²) in [4.78, 5) is 26.1. The Labute approximate surface area is 122 Å². The summed E-state index contributed by atoms with van der Waals surface area (Å²) in [5.74, 6) is -0.452. The first kappa shape index (κ1) is 15.2. The van der Waals surface area contributed by atoms with Gasteiger partial charge in [0.05, 0.1) is 0 Å². The van der Waals surface area contributed by atoms with Crippen LogP contribution in [0, 0.1) is 5.82 Å². The molecule has 0 aromatic heterocycles. The van der Waals surface area contributed by atoms with Gasteiger partial charge in [-0.05, 0) is 51.8 Å². The van der Waals surface area contributed by atoms with Crippen LogP contribution in [0.5, 0.6) is 0 Å². The summed E-state index contributed by atoms with van der Waals surface area (Å²) >= 11 is 0. The Hall–Kier alpha value is -2.20. The fraction of sp³-hybridized carbons (Fsp3) is 0.467. The monoisotopic (exact) mass is 292 g/mol. The van der Waals surface area contributed by atoms with Crippen molar-refractivity contribution in [2.24, 2.45) is 4.99 Å². The molecule has 2 rings (SSSR count). The van der Waals surface area contributed by atoms with Crippen LogP contribution in [0.25, 0.3) is 0 Å². The number of hydrogen-bond donors (Lipinski definition) is 1. The van der Waals surface area contributed by atoms with E-state index in [-0.39, 0.29) is 0 Å². The molecule has 0 saturated heterocycles. The molecule has 0 spiro atoms. The number of carbonyl (C=O) groups is 1. The first-order valence-corrected chi connectivity index (χ1v) is 6.65. The van der Waals surface area contributed by atoms with Crippen molar-refractivity contribution in [2.45, 2.75) is 44.8 Å². The third kappa shape index (κ3) is 3.67. The van der Waals surface area contributed by atoms with Gasteiger partial charge in [0.15, 0.2) is 0 Å². The van der Waals surface area contributed by atoms with Gasteiger partial charge in [0.2, 0.25) is 6.08 Å². The number of benzene rings is 1. The number of nitrogens with zero attached hydrogens (tertiary/aromatic N) is 1. The fourth-order valence-electron chi connectivity index (χ4n) is 2.07. The predicted octanol–water partition coefficient (Wildman–Crippen LogP) is 3.50. The summed E-state index contributed by atoms with van der Waals surface area (Å²) < 4.78 is 18.6. The van der Waals surface area contributed by atoms with Crippen LogP contribution < -0.4 is 5.32 Å². The normalized spacial score (nSPS) is 15.8. The number of halogens is 1. The van der Waals surface area contributed by atoms with Crippen LogP contribution in [0.15, 0.2) is 23.2 Å². The summed E-state index contributed by atoms with van der Waals surface area (Å²) in [5.41, 5.74) is -0.546. The van der Waals surface area contributed by atoms with Crippen LogP contribution in [-0.4, -0.2) is 17.8 Å². The molecule has 1 aromatic carbocycles. The third-order valence-corrected chi connectivity index (χ3v) is 3.10. The van der Waals surface area contributed by atoms with Crippen molar-refractivity contribution < 1.29 is 18.7 Å². The lowest BCUT2D eigenvalue weighted by molar-refractivity contribution is 0.0635. The number of hydrogen-bond acceptors (Lipinski definition) is 4. The van der Waals surface area contributed by atoms with Gasteiger partial charge in [-0.3, -0.25) is 5.32 Å². The second-order valence-corrected chi connectivity index (χ2v) is 6.05. The molecule has 6 heteroatoms. The second-order valence-electron chi connectivity index (χ2n) is 6.05. The van der Waals surface area contributed by atoms with Crippen molar-refractivity contribution in [1.82, 2.24) is 0 Å². The Bertz CT molecular complexity index is 612. The zero-order valence-electron chi connectivity index (χ0n) is 12.2. The Morgan fingerprint density at radius 2 is 2.10 bits per heavy atom. The summed E-state index contributed by atoms with van der Waals surface area (Å²) in [6.07, 6.45) is 2.12. The molecule has 1 aliphatic carbocycles. The lowest BCUT2D eigenvalue weighted by Crippen LogP contribution is -2.28. The molecule has 0 radical (unpaired) electrons. The highest BCUT2D eigenvalue weighted by Gasteiger charge is 2.46. The van der Waals surface area contributed by atoms with E-state index in [0.29, 0.717) is 24.1 Å². The van der Waals surface area contributed by atoms with E-state index in [9.17, 15) is 14.0 Å². The first-order chi connectivity index (χ1) is 9.76. The highest BCUT2D eigenvalue weighted by Crippen LogP contribution is 2.51. The Balaban J connectivity index is 2.28. The van der Waals surface area contributed by atoms with Crippen LogP contribution in [0.3, 0.4) is 0 Å². The smallest absolute Gasteiger partial charge is 0.412 e. The molecule has 0 heterocycles. The Morgan fingerprint density at radius 1 is 1.43 bits per heavy atom. The van der Waals surface area contributed by atoms with Crippen molar-refractivity contribution in [3.05, 3.63) is 29.6 Å². The zero-order valence-corrected chi connectivity index (χ0v) is 12.2. The molecule has 1 N–H and O–H groups in total. The van der Waals surface area contributed by atoms with Crippen molar-refractivity contribution >= 4 is 17.9 Å². The van der Waals surface area contributed by atoms with Crippen molar-refractivity contribution in [3.63, 3.8) is 0 Å². The number of rotatable bonds is 3. The molecule has 112 valence electrons. The predicted molar refractivity (Wildman–Crippen MR) is 75.3 cm³/mol. The first-order valence-electron chi connectivity index (χ1n) is 6.65. The maximum atomic E-state index is 13.5. The van der Waals surface area contributed by atoms with Crippen LogP contribution in [0.1, 0.15) is 39.2 Å². The van der Waals surface area contributed by atoms with Crippen molar-refractivity contribution in [3.8, 4) is 0 Å². The molecule has 5 nitrogen and oxygen atoms in total. The van der Waals surface area contributed by atoms with Crippen LogP contribution in [0.4, 0.5) is 14.9 Å². The Kier molecular flexibility index (Phi) is 3.83. The number of amides is 1. The topological polar surface area (TPSA) is 67.8 Å². The van der Waals surface area contributed by atoms with Crippen LogP contribution >= 0.6 is 0 Å². The van der Waals surface area contributed by atoms with E-state index in [0.717, 1.165) is 0 Å². The molecule has 0 aliphatic heterocycles. The van der Waals surface area contributed by atoms with Gasteiger partial charge in [-0.15, -0.1) is 0 Å². The maximum Gasteiger partial charge on any atom is 0.412 e. The van der Waals surface area contributed by atoms with Gasteiger partial charge in [-0.2, -0.15) is 4.99 Å². The van der Waals surface area contributed by atoms with Gasteiger partial charge >= 0.3 is 6.09 Å². The summed E-state index contributed by atoms with van der Waals surface area (Å²) in [6.45, 7) is 5.24. The summed E-state index contributed by atoms with van der Waals surface area (Å²) in [5, 5.41) is 2.58. The van der Waals surface area contributed by atoms with Crippen molar-refractivity contribution in [1.29, 1.82) is 0 Å². The van der Waals surface area contributed by atoms with Crippen molar-refractivity contribution in [2.75, 3.05) is 5.32 Å². The number of nitrogens with one attached hydrogen (secondary N) is 1. The fourth-order valence-corrected chi connectivity index (χ4v) is 2.07. The van der Waals surface area contributed by atoms with E-state index >= 15 is 0 Å². The highest BCUT2D eigenvalue weighted by molar-refractivity contribution is 5.86. The van der Waals surface area contributed by atoms with Gasteiger partial charge in [0, 0.05) is 11.3 Å². The molecule has 21 heavy (non-hydrogen) atoms. The SMILES string of the molecule is CC(C)(C)OC(=O)Nc1ccc(F)cc1C1(N=C=O)CC1. The maximum absolute atomic E-state index is 13.5. The number of anilines is 1. The second kappa shape index (κ2) is 5.30. The molecule has 1 amide bonds. The summed E-state index contributed by atoms with van der Waals surface area (Å²) in [7, 11) is 0. The molecule has 1 saturated carbocycles. The van der Waals surface area contributed by atoms with Gasteiger partial charge in [0.1, 0.15) is 17.0 Å². The van der Waals surface area contributed by atoms with Crippen LogP contribution in [-0.2, 0) is 15.1 Å². The molecule has 0 unspecified atom stereocenters. The van der Waals surface area contributed by atoms with E-state index in [4.69, 9.17) is 4.74 Å². The number of carbonyl (C=O) groups excluding carboxylic acids is 2. The average molecular weight is 292 g/mol. The molecule has 0 bridgehead atoms. The minimum absolute atomic E-state index is 0.391. The van der Waals surface area contributed by atoms with E-state index in [1.54, 1.807) is 20.8 Å². The Morgan fingerprint density at radius 3 is 2.62 bits per heavy atom. The van der Waals surface area contributed by atoms with Gasteiger partial charge in [0.25, 0.3) is 0 Å². The zero-order chi connectivity index (χ0) is 15.7. The molecular formula is C15H17FN2O3. The minimum atomic E-state index is -0.770. The van der Waals surface area contributed by atoms with Gasteiger partial charge < -0.3 is 4.74 Å². The van der Waals surface area contributed by atoms with Crippen LogP contribution in [0.2, 0.25) is 0 Å². The molecule has 1 aliphatic rings. The largest absolute Gasteiger partial charge is 0.444 e. The van der Waals surface area contributed by atoms with Gasteiger partial charge in [-0.1, -0.05) is 0 Å². The summed E-state index contributed by atoms with van der Waals surface area (Å²) in [6, 6.07) is 3.95. The van der Waals surface area contributed by atoms with E-state index < -0.39 is 23.1 Å². The molecule has 1 aromatic rings. The number of ether oxygens (including phenoxy) is 1. The quantitative estimate of drug-likeness (QED) is 0.685. The lowest BCUT2D eigenvalue weighted by Gasteiger charge is -2.21. The van der Waals surface area contributed by atoms with E-state index in [2.05, 4.69) is 10.3 Å². The third-order valence-electron chi connectivity index (χ3n) is 3.10. The number of isocyanates is 1. The molecule has 0 atom stereocenters.